The Labute approximate surface area is 158 Å². The van der Waals surface area contributed by atoms with E-state index in [1.807, 2.05) is 22.9 Å². The molecule has 0 bridgehead atoms. The molecule has 4 rings (SSSR count). The highest BCUT2D eigenvalue weighted by molar-refractivity contribution is 7.99. The summed E-state index contributed by atoms with van der Waals surface area (Å²) in [6.07, 6.45) is 7.06. The van der Waals surface area contributed by atoms with Gasteiger partial charge < -0.3 is 9.80 Å². The summed E-state index contributed by atoms with van der Waals surface area (Å²) in [5.41, 5.74) is 0.909. The molecule has 6 nitrogen and oxygen atoms in total. The van der Waals surface area contributed by atoms with Crippen LogP contribution in [-0.4, -0.2) is 58.3 Å². The van der Waals surface area contributed by atoms with Crippen LogP contribution in [0.25, 0.3) is 0 Å². The molecule has 0 N–H and O–H groups in total. The second-order valence-electron chi connectivity index (χ2n) is 7.83. The molecule has 3 fully saturated rings. The predicted molar refractivity (Wildman–Crippen MR) is 105 cm³/mol. The van der Waals surface area contributed by atoms with E-state index < -0.39 is 0 Å². The number of hydrogen-bond acceptors (Lipinski definition) is 5. The number of aromatic nitrogens is 2. The van der Waals surface area contributed by atoms with Crippen molar-refractivity contribution in [2.45, 2.75) is 38.6 Å². The Bertz CT molecular complexity index is 697. The van der Waals surface area contributed by atoms with Gasteiger partial charge in [0.2, 0.25) is 5.91 Å². The van der Waals surface area contributed by atoms with Crippen LogP contribution >= 0.6 is 11.8 Å². The summed E-state index contributed by atoms with van der Waals surface area (Å²) in [6, 6.07) is 1.72. The van der Waals surface area contributed by atoms with Gasteiger partial charge in [0, 0.05) is 56.7 Å². The van der Waals surface area contributed by atoms with Crippen LogP contribution < -0.4 is 10.5 Å². The molecule has 1 saturated carbocycles. The number of anilines is 1. The molecule has 142 valence electrons. The lowest BCUT2D eigenvalue weighted by Gasteiger charge is -2.35. The number of carbonyl (C=O) groups excluding carboxylic acids is 1. The van der Waals surface area contributed by atoms with E-state index in [4.69, 9.17) is 0 Å². The lowest BCUT2D eigenvalue weighted by molar-refractivity contribution is -0.131. The minimum atomic E-state index is -0.00147. The summed E-state index contributed by atoms with van der Waals surface area (Å²) in [5, 5.41) is 4.38. The lowest BCUT2D eigenvalue weighted by atomic mass is 9.94. The molecule has 1 aromatic heterocycles. The smallest absolute Gasteiger partial charge is 0.268 e. The topological polar surface area (TPSA) is 58.4 Å². The largest absolute Gasteiger partial charge is 0.370 e. The van der Waals surface area contributed by atoms with Crippen molar-refractivity contribution >= 4 is 23.4 Å². The average Bonchev–Trinajstić information content (AvgIpc) is 3.48. The Balaban J connectivity index is 1.36. The van der Waals surface area contributed by atoms with Crippen molar-refractivity contribution in [3.05, 3.63) is 22.6 Å². The minimum Gasteiger partial charge on any atom is -0.370 e. The molecule has 1 amide bonds. The zero-order valence-electron chi connectivity index (χ0n) is 15.3. The Morgan fingerprint density at radius 1 is 1.15 bits per heavy atom. The van der Waals surface area contributed by atoms with Gasteiger partial charge in [0.1, 0.15) is 0 Å². The van der Waals surface area contributed by atoms with E-state index in [9.17, 15) is 9.59 Å². The van der Waals surface area contributed by atoms with Crippen LogP contribution in [0.4, 0.5) is 5.69 Å². The fraction of sp³-hybridized carbons (Fsp3) is 0.737. The van der Waals surface area contributed by atoms with Crippen molar-refractivity contribution in [3.63, 3.8) is 0 Å². The van der Waals surface area contributed by atoms with Gasteiger partial charge in [-0.1, -0.05) is 0 Å². The number of carbonyl (C=O) groups is 1. The first-order valence-corrected chi connectivity index (χ1v) is 11.0. The lowest BCUT2D eigenvalue weighted by Crippen LogP contribution is -2.42. The van der Waals surface area contributed by atoms with E-state index in [0.717, 1.165) is 62.8 Å². The molecule has 3 heterocycles. The quantitative estimate of drug-likeness (QED) is 0.785. The maximum Gasteiger partial charge on any atom is 0.268 e. The number of piperidine rings is 1. The highest BCUT2D eigenvalue weighted by atomic mass is 32.2. The van der Waals surface area contributed by atoms with Crippen molar-refractivity contribution in [1.29, 1.82) is 0 Å². The van der Waals surface area contributed by atoms with E-state index in [0.29, 0.717) is 24.2 Å². The van der Waals surface area contributed by atoms with Crippen LogP contribution in [0.5, 0.6) is 0 Å². The first kappa shape index (κ1) is 17.9. The highest BCUT2D eigenvalue weighted by Crippen LogP contribution is 2.30. The van der Waals surface area contributed by atoms with Crippen LogP contribution in [0, 0.1) is 11.8 Å². The van der Waals surface area contributed by atoms with Gasteiger partial charge in [-0.2, -0.15) is 16.9 Å². The maximum atomic E-state index is 12.5. The summed E-state index contributed by atoms with van der Waals surface area (Å²) in [4.78, 5) is 29.1. The standard InChI is InChI=1S/C19H28N4O2S/c24-18(21-6-8-26-9-7-21)10-16-2-1-5-22(13-16)17-11-19(25)23(20-12-17)14-15-3-4-15/h11-12,15-16H,1-10,13-14H2. The van der Waals surface area contributed by atoms with Gasteiger partial charge in [0.15, 0.2) is 0 Å². The fourth-order valence-corrected chi connectivity index (χ4v) is 4.84. The molecule has 1 aromatic rings. The van der Waals surface area contributed by atoms with Crippen LogP contribution in [0.3, 0.4) is 0 Å². The van der Waals surface area contributed by atoms with Crippen molar-refractivity contribution in [3.8, 4) is 0 Å². The molecule has 1 aliphatic carbocycles. The molecule has 0 aromatic carbocycles. The molecule has 0 spiro atoms. The Morgan fingerprint density at radius 2 is 1.96 bits per heavy atom. The van der Waals surface area contributed by atoms with Crippen LogP contribution in [0.15, 0.2) is 17.1 Å². The molecular weight excluding hydrogens is 348 g/mol. The Morgan fingerprint density at radius 3 is 2.69 bits per heavy atom. The third-order valence-electron chi connectivity index (χ3n) is 5.69. The van der Waals surface area contributed by atoms with Crippen molar-refractivity contribution in [1.82, 2.24) is 14.7 Å². The van der Waals surface area contributed by atoms with Gasteiger partial charge in [-0.05, 0) is 37.5 Å². The number of rotatable bonds is 5. The third-order valence-corrected chi connectivity index (χ3v) is 6.64. The molecule has 26 heavy (non-hydrogen) atoms. The van der Waals surface area contributed by atoms with Gasteiger partial charge in [-0.25, -0.2) is 4.68 Å². The second kappa shape index (κ2) is 8.03. The van der Waals surface area contributed by atoms with Crippen molar-refractivity contribution in [2.24, 2.45) is 11.8 Å². The number of hydrogen-bond donors (Lipinski definition) is 0. The van der Waals surface area contributed by atoms with Gasteiger partial charge in [0.05, 0.1) is 11.9 Å². The third kappa shape index (κ3) is 4.42. The zero-order valence-corrected chi connectivity index (χ0v) is 16.1. The predicted octanol–water partition coefficient (Wildman–Crippen LogP) is 1.84. The van der Waals surface area contributed by atoms with Gasteiger partial charge in [-0.3, -0.25) is 9.59 Å². The molecule has 3 aliphatic rings. The van der Waals surface area contributed by atoms with E-state index in [1.165, 1.54) is 12.8 Å². The van der Waals surface area contributed by atoms with Crippen LogP contribution in [0.2, 0.25) is 0 Å². The monoisotopic (exact) mass is 376 g/mol. The normalized spacial score (nSPS) is 23.9. The highest BCUT2D eigenvalue weighted by Gasteiger charge is 2.26. The summed E-state index contributed by atoms with van der Waals surface area (Å²) in [5.74, 6) is 3.44. The number of thioether (sulfide) groups is 1. The zero-order chi connectivity index (χ0) is 17.9. The van der Waals surface area contributed by atoms with Crippen LogP contribution in [-0.2, 0) is 11.3 Å². The Kier molecular flexibility index (Phi) is 5.52. The molecular formula is C19H28N4O2S. The van der Waals surface area contributed by atoms with E-state index in [2.05, 4.69) is 10.00 Å². The average molecular weight is 377 g/mol. The first-order chi connectivity index (χ1) is 12.7. The molecule has 1 atom stereocenters. The van der Waals surface area contributed by atoms with Crippen molar-refractivity contribution in [2.75, 3.05) is 42.6 Å². The SMILES string of the molecule is O=C(CC1CCCN(c2cnn(CC3CC3)c(=O)c2)C1)N1CCSCC1. The summed E-state index contributed by atoms with van der Waals surface area (Å²) >= 11 is 1.93. The van der Waals surface area contributed by atoms with Gasteiger partial charge >= 0.3 is 0 Å². The van der Waals surface area contributed by atoms with E-state index >= 15 is 0 Å². The number of amides is 1. The second-order valence-corrected chi connectivity index (χ2v) is 9.05. The number of nitrogens with zero attached hydrogens (tertiary/aromatic N) is 4. The molecule has 2 saturated heterocycles. The fourth-order valence-electron chi connectivity index (χ4n) is 3.93. The van der Waals surface area contributed by atoms with Gasteiger partial charge in [-0.15, -0.1) is 0 Å². The molecule has 1 unspecified atom stereocenters. The minimum absolute atomic E-state index is 0.00147. The molecule has 2 aliphatic heterocycles. The summed E-state index contributed by atoms with van der Waals surface area (Å²) < 4.78 is 1.60. The first-order valence-electron chi connectivity index (χ1n) is 9.86. The summed E-state index contributed by atoms with van der Waals surface area (Å²) in [6.45, 7) is 4.33. The van der Waals surface area contributed by atoms with Gasteiger partial charge in [0.25, 0.3) is 5.56 Å². The van der Waals surface area contributed by atoms with Crippen molar-refractivity contribution < 1.29 is 4.79 Å². The van der Waals surface area contributed by atoms with Crippen LogP contribution in [0.1, 0.15) is 32.1 Å². The maximum absolute atomic E-state index is 12.5. The molecule has 7 heteroatoms. The Hall–Kier alpha value is -1.50. The van der Waals surface area contributed by atoms with E-state index in [-0.39, 0.29) is 5.56 Å². The summed E-state index contributed by atoms with van der Waals surface area (Å²) in [7, 11) is 0. The molecule has 0 radical (unpaired) electrons. The van der Waals surface area contributed by atoms with E-state index in [1.54, 1.807) is 10.7 Å².